The van der Waals surface area contributed by atoms with Crippen LogP contribution in [0.2, 0.25) is 0 Å². The Labute approximate surface area is 152 Å². The minimum atomic E-state index is -4.74. The average Bonchev–Trinajstić information content (AvgIpc) is 3.32. The zero-order valence-corrected chi connectivity index (χ0v) is 14.9. The maximum absolute atomic E-state index is 12.3. The molecule has 1 N–H and O–H groups in total. The van der Waals surface area contributed by atoms with Gasteiger partial charge in [0.15, 0.2) is 5.16 Å². The van der Waals surface area contributed by atoms with Crippen LogP contribution >= 0.6 is 11.8 Å². The van der Waals surface area contributed by atoms with Crippen molar-refractivity contribution >= 4 is 23.4 Å². The third-order valence-corrected chi connectivity index (χ3v) is 4.81. The highest BCUT2D eigenvalue weighted by atomic mass is 32.2. The van der Waals surface area contributed by atoms with E-state index in [-0.39, 0.29) is 11.7 Å². The lowest BCUT2D eigenvalue weighted by Gasteiger charge is -2.13. The third-order valence-electron chi connectivity index (χ3n) is 3.75. The summed E-state index contributed by atoms with van der Waals surface area (Å²) in [5, 5.41) is 11.1. The fraction of sp³-hybridized carbons (Fsp3) is 0.438. The zero-order valence-electron chi connectivity index (χ0n) is 14.1. The highest BCUT2D eigenvalue weighted by Crippen LogP contribution is 2.39. The van der Waals surface area contributed by atoms with Gasteiger partial charge in [-0.05, 0) is 51.0 Å². The number of ether oxygens (including phenoxy) is 1. The maximum Gasteiger partial charge on any atom is 0.573 e. The number of alkyl halides is 3. The number of amides is 1. The fourth-order valence-corrected chi connectivity index (χ4v) is 3.34. The summed E-state index contributed by atoms with van der Waals surface area (Å²) in [4.78, 5) is 12.3. The molecule has 1 aromatic carbocycles. The molecule has 1 saturated carbocycles. The number of hydrogen-bond acceptors (Lipinski definition) is 5. The van der Waals surface area contributed by atoms with Crippen molar-refractivity contribution in [1.82, 2.24) is 14.8 Å². The molecule has 2 aromatic rings. The smallest absolute Gasteiger partial charge is 0.406 e. The second kappa shape index (κ2) is 7.18. The summed E-state index contributed by atoms with van der Waals surface area (Å²) in [6.45, 7) is 3.62. The van der Waals surface area contributed by atoms with Gasteiger partial charge in [0.05, 0.1) is 5.25 Å². The van der Waals surface area contributed by atoms with E-state index >= 15 is 0 Å². The first-order valence-electron chi connectivity index (χ1n) is 7.98. The van der Waals surface area contributed by atoms with Crippen molar-refractivity contribution in [3.63, 3.8) is 0 Å². The standard InChI is InChI=1S/C16H17F3N4O2S/c1-9(26-15-22-21-10(2)23(15)12-5-6-12)14(24)20-11-3-7-13(8-4-11)25-16(17,18)19/h3-4,7-9,12H,5-6H2,1-2H3,(H,20,24)/t9-/m0/s1. The number of carbonyl (C=O) groups is 1. The highest BCUT2D eigenvalue weighted by molar-refractivity contribution is 8.00. The van der Waals surface area contributed by atoms with Crippen LogP contribution in [0, 0.1) is 6.92 Å². The second-order valence-electron chi connectivity index (χ2n) is 5.95. The summed E-state index contributed by atoms with van der Waals surface area (Å²) in [7, 11) is 0. The molecule has 0 bridgehead atoms. The monoisotopic (exact) mass is 386 g/mol. The van der Waals surface area contributed by atoms with Crippen molar-refractivity contribution in [3.05, 3.63) is 30.1 Å². The van der Waals surface area contributed by atoms with Crippen molar-refractivity contribution in [2.75, 3.05) is 5.32 Å². The number of hydrogen-bond donors (Lipinski definition) is 1. The Morgan fingerprint density at radius 1 is 1.31 bits per heavy atom. The van der Waals surface area contributed by atoms with Crippen LogP contribution in [0.3, 0.4) is 0 Å². The maximum atomic E-state index is 12.3. The summed E-state index contributed by atoms with van der Waals surface area (Å²) < 4.78 is 42.3. The number of thioether (sulfide) groups is 1. The minimum Gasteiger partial charge on any atom is -0.406 e. The van der Waals surface area contributed by atoms with Crippen molar-refractivity contribution in [2.24, 2.45) is 0 Å². The van der Waals surface area contributed by atoms with Gasteiger partial charge >= 0.3 is 6.36 Å². The Bertz CT molecular complexity index is 788. The molecule has 0 radical (unpaired) electrons. The number of carbonyl (C=O) groups excluding carboxylic acids is 1. The lowest BCUT2D eigenvalue weighted by molar-refractivity contribution is -0.274. The van der Waals surface area contributed by atoms with Crippen LogP contribution in [0.5, 0.6) is 5.75 Å². The van der Waals surface area contributed by atoms with Crippen LogP contribution in [-0.2, 0) is 4.79 Å². The van der Waals surface area contributed by atoms with Gasteiger partial charge in [-0.15, -0.1) is 23.4 Å². The van der Waals surface area contributed by atoms with Crippen molar-refractivity contribution in [2.45, 2.75) is 49.5 Å². The van der Waals surface area contributed by atoms with Gasteiger partial charge < -0.3 is 14.6 Å². The van der Waals surface area contributed by atoms with Crippen molar-refractivity contribution in [1.29, 1.82) is 0 Å². The Morgan fingerprint density at radius 2 is 1.96 bits per heavy atom. The molecule has 1 heterocycles. The molecule has 3 rings (SSSR count). The lowest BCUT2D eigenvalue weighted by Crippen LogP contribution is -2.23. The molecule has 6 nitrogen and oxygen atoms in total. The Kier molecular flexibility index (Phi) is 5.12. The molecular weight excluding hydrogens is 369 g/mol. The molecule has 26 heavy (non-hydrogen) atoms. The van der Waals surface area contributed by atoms with E-state index < -0.39 is 11.6 Å². The first kappa shape index (κ1) is 18.6. The number of rotatable bonds is 6. The van der Waals surface area contributed by atoms with Gasteiger partial charge in [0.25, 0.3) is 0 Å². The summed E-state index contributed by atoms with van der Waals surface area (Å²) >= 11 is 1.30. The van der Waals surface area contributed by atoms with E-state index in [1.165, 1.54) is 23.9 Å². The predicted octanol–water partition coefficient (Wildman–Crippen LogP) is 3.94. The summed E-state index contributed by atoms with van der Waals surface area (Å²) in [5.74, 6) is 0.205. The number of aryl methyl sites for hydroxylation is 1. The number of nitrogens with one attached hydrogen (secondary N) is 1. The molecule has 1 aromatic heterocycles. The molecule has 1 amide bonds. The normalized spacial score (nSPS) is 15.6. The lowest BCUT2D eigenvalue weighted by atomic mass is 10.3. The molecule has 10 heteroatoms. The molecule has 1 aliphatic rings. The SMILES string of the molecule is Cc1nnc(S[C@@H](C)C(=O)Nc2ccc(OC(F)(F)F)cc2)n1C1CC1. The molecule has 0 unspecified atom stereocenters. The van der Waals surface area contributed by atoms with Crippen molar-refractivity contribution < 1.29 is 22.7 Å². The Morgan fingerprint density at radius 3 is 2.54 bits per heavy atom. The van der Waals surface area contributed by atoms with Gasteiger partial charge in [-0.25, -0.2) is 0 Å². The Balaban J connectivity index is 1.59. The van der Waals surface area contributed by atoms with E-state index in [4.69, 9.17) is 0 Å². The van der Waals surface area contributed by atoms with Crippen LogP contribution in [-0.4, -0.2) is 32.3 Å². The molecule has 1 fully saturated rings. The largest absolute Gasteiger partial charge is 0.573 e. The Hall–Kier alpha value is -2.23. The quantitative estimate of drug-likeness (QED) is 0.762. The summed E-state index contributed by atoms with van der Waals surface area (Å²) in [6, 6.07) is 5.41. The van der Waals surface area contributed by atoms with E-state index in [9.17, 15) is 18.0 Å². The zero-order chi connectivity index (χ0) is 18.9. The third kappa shape index (κ3) is 4.69. The molecular formula is C16H17F3N4O2S. The first-order chi connectivity index (χ1) is 12.2. The number of nitrogens with zero attached hydrogens (tertiary/aromatic N) is 3. The molecule has 1 aliphatic carbocycles. The molecule has 0 aliphatic heterocycles. The average molecular weight is 386 g/mol. The van der Waals surface area contributed by atoms with Gasteiger partial charge in [-0.2, -0.15) is 0 Å². The van der Waals surface area contributed by atoms with E-state index in [1.807, 2.05) is 11.5 Å². The van der Waals surface area contributed by atoms with E-state index in [0.29, 0.717) is 16.9 Å². The van der Waals surface area contributed by atoms with Crippen LogP contribution in [0.15, 0.2) is 29.4 Å². The number of anilines is 1. The minimum absolute atomic E-state index is 0.275. The van der Waals surface area contributed by atoms with Crippen LogP contribution in [0.4, 0.5) is 18.9 Å². The second-order valence-corrected chi connectivity index (χ2v) is 7.26. The van der Waals surface area contributed by atoms with Gasteiger partial charge in [-0.1, -0.05) is 11.8 Å². The van der Waals surface area contributed by atoms with Crippen LogP contribution in [0.1, 0.15) is 31.6 Å². The number of benzene rings is 1. The summed E-state index contributed by atoms with van der Waals surface area (Å²) in [6.07, 6.45) is -2.58. The fourth-order valence-electron chi connectivity index (χ4n) is 2.38. The van der Waals surface area contributed by atoms with Crippen LogP contribution < -0.4 is 10.1 Å². The van der Waals surface area contributed by atoms with Crippen molar-refractivity contribution in [3.8, 4) is 5.75 Å². The van der Waals surface area contributed by atoms with Gasteiger partial charge in [-0.3, -0.25) is 4.79 Å². The summed E-state index contributed by atoms with van der Waals surface area (Å²) in [5.41, 5.74) is 0.386. The van der Waals surface area contributed by atoms with E-state index in [2.05, 4.69) is 20.3 Å². The predicted molar refractivity (Wildman–Crippen MR) is 90.1 cm³/mol. The van der Waals surface area contributed by atoms with E-state index in [1.54, 1.807) is 6.92 Å². The molecule has 0 spiro atoms. The molecule has 0 saturated heterocycles. The highest BCUT2D eigenvalue weighted by Gasteiger charge is 2.31. The number of halogens is 3. The number of aromatic nitrogens is 3. The molecule has 140 valence electrons. The first-order valence-corrected chi connectivity index (χ1v) is 8.86. The molecule has 1 atom stereocenters. The van der Waals surface area contributed by atoms with E-state index in [0.717, 1.165) is 30.8 Å². The van der Waals surface area contributed by atoms with Crippen LogP contribution in [0.25, 0.3) is 0 Å². The van der Waals surface area contributed by atoms with Gasteiger partial charge in [0.1, 0.15) is 11.6 Å². The van der Waals surface area contributed by atoms with Gasteiger partial charge in [0, 0.05) is 11.7 Å². The van der Waals surface area contributed by atoms with Gasteiger partial charge in [0.2, 0.25) is 5.91 Å². The topological polar surface area (TPSA) is 69.0 Å².